The Hall–Kier alpha value is -1.86. The molecular formula is C15H20ClFN4O2. The molecule has 1 unspecified atom stereocenters. The topological polar surface area (TPSA) is 73.5 Å². The number of halogens is 2. The summed E-state index contributed by atoms with van der Waals surface area (Å²) in [6.07, 6.45) is 0.764. The maximum absolute atomic E-state index is 14.0. The highest BCUT2D eigenvalue weighted by Gasteiger charge is 2.26. The molecule has 1 aromatic rings. The quantitative estimate of drug-likeness (QED) is 0.711. The second kappa shape index (κ2) is 7.61. The number of hydrogen-bond acceptors (Lipinski definition) is 5. The Morgan fingerprint density at radius 2 is 1.96 bits per heavy atom. The Labute approximate surface area is 140 Å². The Kier molecular flexibility index (Phi) is 5.79. The third-order valence-corrected chi connectivity index (χ3v) is 3.98. The molecule has 8 heteroatoms. The van der Waals surface area contributed by atoms with Gasteiger partial charge in [-0.3, -0.25) is 14.9 Å². The number of amides is 2. The standard InChI is InChI=1S/C15H19FN4O2.ClH/c16-11-2-1-10(9-13(11)20-7-5-17-6-8-20)18-12-3-4-14(21)19-15(12)22;/h1-2,9,12,17-18H,3-8H2,(H,19,21,22);1H. The van der Waals surface area contributed by atoms with Gasteiger partial charge in [0.15, 0.2) is 0 Å². The minimum Gasteiger partial charge on any atom is -0.374 e. The number of imide groups is 1. The SMILES string of the molecule is Cl.O=C1CCC(Nc2ccc(F)c(N3CCNCC3)c2)C(=O)N1. The van der Waals surface area contributed by atoms with Crippen molar-refractivity contribution < 1.29 is 14.0 Å². The van der Waals surface area contributed by atoms with Gasteiger partial charge >= 0.3 is 0 Å². The molecule has 2 aliphatic heterocycles. The van der Waals surface area contributed by atoms with Crippen LogP contribution in [0.5, 0.6) is 0 Å². The van der Waals surface area contributed by atoms with Crippen LogP contribution in [0.25, 0.3) is 0 Å². The lowest BCUT2D eigenvalue weighted by atomic mass is 10.1. The third kappa shape index (κ3) is 4.11. The second-order valence-electron chi connectivity index (χ2n) is 5.55. The molecule has 1 atom stereocenters. The number of nitrogens with one attached hydrogen (secondary N) is 3. The van der Waals surface area contributed by atoms with Crippen LogP contribution in [0.1, 0.15) is 12.8 Å². The fraction of sp³-hybridized carbons (Fsp3) is 0.467. The zero-order valence-electron chi connectivity index (χ0n) is 12.6. The molecule has 2 heterocycles. The largest absolute Gasteiger partial charge is 0.374 e. The van der Waals surface area contributed by atoms with E-state index in [0.717, 1.165) is 26.2 Å². The molecule has 0 spiro atoms. The molecule has 0 bridgehead atoms. The van der Waals surface area contributed by atoms with Crippen molar-refractivity contribution in [3.05, 3.63) is 24.0 Å². The fourth-order valence-electron chi connectivity index (χ4n) is 2.78. The van der Waals surface area contributed by atoms with Crippen molar-refractivity contribution in [2.45, 2.75) is 18.9 Å². The van der Waals surface area contributed by atoms with E-state index in [-0.39, 0.29) is 30.0 Å². The van der Waals surface area contributed by atoms with Crippen LogP contribution < -0.4 is 20.9 Å². The summed E-state index contributed by atoms with van der Waals surface area (Å²) in [6, 6.07) is 4.29. The van der Waals surface area contributed by atoms with Crippen LogP contribution in [0.2, 0.25) is 0 Å². The molecule has 23 heavy (non-hydrogen) atoms. The van der Waals surface area contributed by atoms with Crippen LogP contribution in [0.3, 0.4) is 0 Å². The first-order chi connectivity index (χ1) is 10.6. The average molecular weight is 343 g/mol. The van der Waals surface area contributed by atoms with Crippen LogP contribution in [0.4, 0.5) is 15.8 Å². The number of piperidine rings is 1. The van der Waals surface area contributed by atoms with E-state index in [2.05, 4.69) is 16.0 Å². The minimum absolute atomic E-state index is 0. The molecule has 0 aliphatic carbocycles. The Morgan fingerprint density at radius 3 is 2.65 bits per heavy atom. The normalized spacial score (nSPS) is 21.4. The van der Waals surface area contributed by atoms with Crippen molar-refractivity contribution in [1.82, 2.24) is 10.6 Å². The van der Waals surface area contributed by atoms with E-state index in [1.807, 2.05) is 4.90 Å². The number of piperazine rings is 1. The van der Waals surface area contributed by atoms with Gasteiger partial charge in [0.2, 0.25) is 11.8 Å². The predicted octanol–water partition coefficient (Wildman–Crippen LogP) is 0.874. The first-order valence-electron chi connectivity index (χ1n) is 7.49. The number of carbonyl (C=O) groups is 2. The molecule has 3 rings (SSSR count). The highest BCUT2D eigenvalue weighted by Crippen LogP contribution is 2.25. The lowest BCUT2D eigenvalue weighted by Gasteiger charge is -2.30. The molecule has 1 aromatic carbocycles. The summed E-state index contributed by atoms with van der Waals surface area (Å²) in [4.78, 5) is 24.9. The number of carbonyl (C=O) groups excluding carboxylic acids is 2. The summed E-state index contributed by atoms with van der Waals surface area (Å²) >= 11 is 0. The molecular weight excluding hydrogens is 323 g/mol. The van der Waals surface area contributed by atoms with Gasteiger partial charge in [-0.2, -0.15) is 0 Å². The molecule has 0 saturated carbocycles. The van der Waals surface area contributed by atoms with E-state index in [1.165, 1.54) is 6.07 Å². The molecule has 3 N–H and O–H groups in total. The highest BCUT2D eigenvalue weighted by molar-refractivity contribution is 6.01. The molecule has 2 fully saturated rings. The van der Waals surface area contributed by atoms with Gasteiger partial charge in [0, 0.05) is 38.3 Å². The molecule has 2 saturated heterocycles. The maximum atomic E-state index is 14.0. The van der Waals surface area contributed by atoms with Crippen molar-refractivity contribution in [1.29, 1.82) is 0 Å². The number of benzene rings is 1. The summed E-state index contributed by atoms with van der Waals surface area (Å²) in [7, 11) is 0. The fourth-order valence-corrected chi connectivity index (χ4v) is 2.78. The molecule has 0 aromatic heterocycles. The smallest absolute Gasteiger partial charge is 0.249 e. The van der Waals surface area contributed by atoms with Gasteiger partial charge in [0.05, 0.1) is 5.69 Å². The zero-order chi connectivity index (χ0) is 15.5. The van der Waals surface area contributed by atoms with E-state index in [4.69, 9.17) is 0 Å². The lowest BCUT2D eigenvalue weighted by molar-refractivity contribution is -0.133. The summed E-state index contributed by atoms with van der Waals surface area (Å²) in [5.74, 6) is -0.844. The van der Waals surface area contributed by atoms with Crippen LogP contribution >= 0.6 is 12.4 Å². The summed E-state index contributed by atoms with van der Waals surface area (Å²) in [5, 5.41) is 8.62. The number of anilines is 2. The highest BCUT2D eigenvalue weighted by atomic mass is 35.5. The van der Waals surface area contributed by atoms with E-state index >= 15 is 0 Å². The van der Waals surface area contributed by atoms with Crippen LogP contribution in [-0.2, 0) is 9.59 Å². The Morgan fingerprint density at radius 1 is 1.22 bits per heavy atom. The third-order valence-electron chi connectivity index (χ3n) is 3.98. The Balaban J connectivity index is 0.00000192. The van der Waals surface area contributed by atoms with Gasteiger partial charge in [-0.25, -0.2) is 4.39 Å². The molecule has 2 amide bonds. The second-order valence-corrected chi connectivity index (χ2v) is 5.55. The average Bonchev–Trinajstić information content (AvgIpc) is 2.52. The van der Waals surface area contributed by atoms with E-state index < -0.39 is 6.04 Å². The van der Waals surface area contributed by atoms with Crippen LogP contribution in [0, 0.1) is 5.82 Å². The van der Waals surface area contributed by atoms with Crippen molar-refractivity contribution in [2.24, 2.45) is 0 Å². The summed E-state index contributed by atoms with van der Waals surface area (Å²) < 4.78 is 14.0. The Bertz CT molecular complexity index is 593. The van der Waals surface area contributed by atoms with Crippen molar-refractivity contribution >= 4 is 35.6 Å². The lowest BCUT2D eigenvalue weighted by Crippen LogP contribution is -2.47. The molecule has 126 valence electrons. The maximum Gasteiger partial charge on any atom is 0.249 e. The first-order valence-corrected chi connectivity index (χ1v) is 7.49. The first kappa shape index (κ1) is 17.5. The summed E-state index contributed by atoms with van der Waals surface area (Å²) in [6.45, 7) is 3.14. The van der Waals surface area contributed by atoms with Gasteiger partial charge in [-0.05, 0) is 24.6 Å². The van der Waals surface area contributed by atoms with Crippen molar-refractivity contribution in [3.63, 3.8) is 0 Å². The van der Waals surface area contributed by atoms with Crippen molar-refractivity contribution in [2.75, 3.05) is 36.4 Å². The van der Waals surface area contributed by atoms with Gasteiger partial charge in [-0.15, -0.1) is 12.4 Å². The number of nitrogens with zero attached hydrogens (tertiary/aromatic N) is 1. The van der Waals surface area contributed by atoms with Crippen LogP contribution in [0.15, 0.2) is 18.2 Å². The van der Waals surface area contributed by atoms with Gasteiger partial charge in [-0.1, -0.05) is 0 Å². The predicted molar refractivity (Wildman–Crippen MR) is 88.5 cm³/mol. The molecule has 2 aliphatic rings. The van der Waals surface area contributed by atoms with Gasteiger partial charge in [0.1, 0.15) is 11.9 Å². The number of rotatable bonds is 3. The molecule has 6 nitrogen and oxygen atoms in total. The minimum atomic E-state index is -0.459. The summed E-state index contributed by atoms with van der Waals surface area (Å²) in [5.41, 5.74) is 1.23. The van der Waals surface area contributed by atoms with E-state index in [9.17, 15) is 14.0 Å². The number of hydrogen-bond donors (Lipinski definition) is 3. The van der Waals surface area contributed by atoms with Crippen molar-refractivity contribution in [3.8, 4) is 0 Å². The van der Waals surface area contributed by atoms with Gasteiger partial charge < -0.3 is 15.5 Å². The van der Waals surface area contributed by atoms with Gasteiger partial charge in [0.25, 0.3) is 0 Å². The van der Waals surface area contributed by atoms with E-state index in [1.54, 1.807) is 12.1 Å². The molecule has 0 radical (unpaired) electrons. The monoisotopic (exact) mass is 342 g/mol. The van der Waals surface area contributed by atoms with Crippen LogP contribution in [-0.4, -0.2) is 44.0 Å². The van der Waals surface area contributed by atoms with E-state index in [0.29, 0.717) is 24.2 Å². The zero-order valence-corrected chi connectivity index (χ0v) is 13.4.